The number of nitrogens with zero attached hydrogens (tertiary/aromatic N) is 1. The normalized spacial score (nSPS) is 15.6. The minimum atomic E-state index is -0.102. The molecule has 1 heterocycles. The quantitative estimate of drug-likeness (QED) is 0.825. The summed E-state index contributed by atoms with van der Waals surface area (Å²) in [6, 6.07) is 17.2. The zero-order valence-electron chi connectivity index (χ0n) is 15.7. The largest absolute Gasteiger partial charge is 0.497 e. The second kappa shape index (κ2) is 9.20. The van der Waals surface area contributed by atoms with Gasteiger partial charge in [0, 0.05) is 11.1 Å². The van der Waals surface area contributed by atoms with Gasteiger partial charge in [-0.25, -0.2) is 0 Å². The molecular formula is C22H26N3O2+. The van der Waals surface area contributed by atoms with E-state index in [1.54, 1.807) is 31.4 Å². The maximum absolute atomic E-state index is 12.5. The van der Waals surface area contributed by atoms with Crippen LogP contribution in [-0.2, 0) is 0 Å². The Bertz CT molecular complexity index is 788. The van der Waals surface area contributed by atoms with E-state index in [1.807, 2.05) is 12.1 Å². The Labute approximate surface area is 160 Å². The lowest BCUT2D eigenvalue weighted by atomic mass is 10.0. The van der Waals surface area contributed by atoms with Gasteiger partial charge < -0.3 is 15.0 Å². The molecule has 0 aromatic heterocycles. The van der Waals surface area contributed by atoms with Crippen molar-refractivity contribution in [3.8, 4) is 11.8 Å². The van der Waals surface area contributed by atoms with Gasteiger partial charge in [-0.2, -0.15) is 5.26 Å². The van der Waals surface area contributed by atoms with E-state index in [2.05, 4.69) is 23.5 Å². The molecule has 1 aliphatic rings. The van der Waals surface area contributed by atoms with Crippen molar-refractivity contribution in [2.75, 3.05) is 26.7 Å². The molecule has 2 aromatic rings. The molecule has 0 aliphatic carbocycles. The van der Waals surface area contributed by atoms with Gasteiger partial charge in [0.1, 0.15) is 11.8 Å². The first-order valence-electron chi connectivity index (χ1n) is 9.48. The number of nitrogens with one attached hydrogen (secondary N) is 2. The standard InChI is InChI=1S/C22H25N3O2/c1-27-20-11-9-18(10-12-20)21(25-13-3-2-4-14-25)16-24-22(26)19-7-5-17(15-23)6-8-19/h5-12,21H,2-4,13-14,16H2,1H3,(H,24,26)/p+1/t21-/m1/s1. The van der Waals surface area contributed by atoms with Gasteiger partial charge in [0.05, 0.1) is 38.4 Å². The summed E-state index contributed by atoms with van der Waals surface area (Å²) >= 11 is 0. The molecule has 3 rings (SSSR count). The number of quaternary nitrogens is 1. The predicted molar refractivity (Wildman–Crippen MR) is 104 cm³/mol. The monoisotopic (exact) mass is 364 g/mol. The summed E-state index contributed by atoms with van der Waals surface area (Å²) in [5.74, 6) is 0.738. The number of benzene rings is 2. The van der Waals surface area contributed by atoms with E-state index in [4.69, 9.17) is 10.00 Å². The molecule has 0 unspecified atom stereocenters. The third kappa shape index (κ3) is 4.87. The van der Waals surface area contributed by atoms with Gasteiger partial charge in [-0.3, -0.25) is 4.79 Å². The van der Waals surface area contributed by atoms with Crippen molar-refractivity contribution >= 4 is 5.91 Å². The van der Waals surface area contributed by atoms with Gasteiger partial charge in [-0.05, 0) is 67.8 Å². The van der Waals surface area contributed by atoms with Crippen molar-refractivity contribution in [2.24, 2.45) is 0 Å². The molecule has 1 saturated heterocycles. The number of carbonyl (C=O) groups excluding carboxylic acids is 1. The first-order chi connectivity index (χ1) is 13.2. The Kier molecular flexibility index (Phi) is 6.45. The third-order valence-electron chi connectivity index (χ3n) is 5.25. The van der Waals surface area contributed by atoms with E-state index in [0.717, 1.165) is 18.8 Å². The van der Waals surface area contributed by atoms with Crippen molar-refractivity contribution in [3.63, 3.8) is 0 Å². The number of rotatable bonds is 6. The van der Waals surface area contributed by atoms with Gasteiger partial charge in [0.25, 0.3) is 5.91 Å². The molecular weight excluding hydrogens is 338 g/mol. The number of hydrogen-bond donors (Lipinski definition) is 2. The fraction of sp³-hybridized carbons (Fsp3) is 0.364. The molecule has 0 radical (unpaired) electrons. The maximum Gasteiger partial charge on any atom is 0.251 e. The van der Waals surface area contributed by atoms with Crippen LogP contribution in [0, 0.1) is 11.3 Å². The average molecular weight is 364 g/mol. The lowest BCUT2D eigenvalue weighted by Gasteiger charge is -2.32. The SMILES string of the molecule is COc1ccc([C@@H](CNC(=O)c2ccc(C#N)cc2)[NH+]2CCCCC2)cc1. The van der Waals surface area contributed by atoms with Gasteiger partial charge >= 0.3 is 0 Å². The summed E-state index contributed by atoms with van der Waals surface area (Å²) in [6.07, 6.45) is 3.74. The Morgan fingerprint density at radius 1 is 1.11 bits per heavy atom. The number of likely N-dealkylation sites (tertiary alicyclic amines) is 1. The second-order valence-electron chi connectivity index (χ2n) is 6.94. The van der Waals surface area contributed by atoms with Crippen molar-refractivity contribution in [1.29, 1.82) is 5.26 Å². The molecule has 140 valence electrons. The van der Waals surface area contributed by atoms with Gasteiger partial charge in [-0.15, -0.1) is 0 Å². The summed E-state index contributed by atoms with van der Waals surface area (Å²) in [6.45, 7) is 2.84. The van der Waals surface area contributed by atoms with Crippen molar-refractivity contribution in [3.05, 3.63) is 65.2 Å². The van der Waals surface area contributed by atoms with Crippen LogP contribution < -0.4 is 15.0 Å². The number of piperidine rings is 1. The molecule has 1 fully saturated rings. The van der Waals surface area contributed by atoms with Crippen molar-refractivity contribution in [1.82, 2.24) is 5.32 Å². The van der Waals surface area contributed by atoms with Crippen LogP contribution in [-0.4, -0.2) is 32.7 Å². The van der Waals surface area contributed by atoms with E-state index in [9.17, 15) is 4.79 Å². The van der Waals surface area contributed by atoms with Crippen LogP contribution in [0.5, 0.6) is 5.75 Å². The summed E-state index contributed by atoms with van der Waals surface area (Å²) in [5, 5.41) is 12.0. The molecule has 5 nitrogen and oxygen atoms in total. The first kappa shape index (κ1) is 18.9. The maximum atomic E-state index is 12.5. The lowest BCUT2D eigenvalue weighted by Crippen LogP contribution is -3.13. The van der Waals surface area contributed by atoms with Gasteiger partial charge in [0.2, 0.25) is 0 Å². The number of amides is 1. The third-order valence-corrected chi connectivity index (χ3v) is 5.25. The number of carbonyl (C=O) groups is 1. The molecule has 0 bridgehead atoms. The number of ether oxygens (including phenoxy) is 1. The number of hydrogen-bond acceptors (Lipinski definition) is 3. The molecule has 1 aliphatic heterocycles. The predicted octanol–water partition coefficient (Wildman–Crippen LogP) is 2.11. The van der Waals surface area contributed by atoms with Crippen LogP contribution in [0.25, 0.3) is 0 Å². The molecule has 1 atom stereocenters. The smallest absolute Gasteiger partial charge is 0.251 e. The Morgan fingerprint density at radius 3 is 2.37 bits per heavy atom. The Hall–Kier alpha value is -2.84. The average Bonchev–Trinajstić information content (AvgIpc) is 2.75. The van der Waals surface area contributed by atoms with Crippen LogP contribution in [0.3, 0.4) is 0 Å². The molecule has 1 amide bonds. The lowest BCUT2D eigenvalue weighted by molar-refractivity contribution is -0.935. The van der Waals surface area contributed by atoms with Crippen molar-refractivity contribution < 1.29 is 14.4 Å². The minimum Gasteiger partial charge on any atom is -0.497 e. The van der Waals surface area contributed by atoms with Gasteiger partial charge in [-0.1, -0.05) is 0 Å². The summed E-state index contributed by atoms with van der Waals surface area (Å²) in [7, 11) is 1.67. The van der Waals surface area contributed by atoms with Crippen LogP contribution in [0.15, 0.2) is 48.5 Å². The molecule has 0 spiro atoms. The zero-order valence-corrected chi connectivity index (χ0v) is 15.7. The Balaban J connectivity index is 1.71. The van der Waals surface area contributed by atoms with Crippen molar-refractivity contribution in [2.45, 2.75) is 25.3 Å². The summed E-state index contributed by atoms with van der Waals surface area (Å²) < 4.78 is 5.27. The van der Waals surface area contributed by atoms with Crippen LogP contribution in [0.4, 0.5) is 0 Å². The highest BCUT2D eigenvalue weighted by molar-refractivity contribution is 5.94. The molecule has 2 N–H and O–H groups in total. The fourth-order valence-electron chi connectivity index (χ4n) is 3.68. The van der Waals surface area contributed by atoms with Gasteiger partial charge in [0.15, 0.2) is 0 Å². The van der Waals surface area contributed by atoms with E-state index in [-0.39, 0.29) is 11.9 Å². The molecule has 5 heteroatoms. The van der Waals surface area contributed by atoms with E-state index >= 15 is 0 Å². The Morgan fingerprint density at radius 2 is 1.78 bits per heavy atom. The minimum absolute atomic E-state index is 0.102. The molecule has 27 heavy (non-hydrogen) atoms. The summed E-state index contributed by atoms with van der Waals surface area (Å²) in [4.78, 5) is 14.1. The second-order valence-corrected chi connectivity index (χ2v) is 6.94. The first-order valence-corrected chi connectivity index (χ1v) is 9.48. The highest BCUT2D eigenvalue weighted by atomic mass is 16.5. The van der Waals surface area contributed by atoms with E-state index in [1.165, 1.54) is 29.7 Å². The fourth-order valence-corrected chi connectivity index (χ4v) is 3.68. The number of methoxy groups -OCH3 is 1. The van der Waals surface area contributed by atoms with E-state index < -0.39 is 0 Å². The highest BCUT2D eigenvalue weighted by Crippen LogP contribution is 2.17. The zero-order chi connectivity index (χ0) is 19.1. The topological polar surface area (TPSA) is 66.6 Å². The summed E-state index contributed by atoms with van der Waals surface area (Å²) in [5.41, 5.74) is 2.35. The van der Waals surface area contributed by atoms with E-state index in [0.29, 0.717) is 17.7 Å². The molecule has 0 saturated carbocycles. The number of nitriles is 1. The highest BCUT2D eigenvalue weighted by Gasteiger charge is 2.26. The van der Waals surface area contributed by atoms with Crippen LogP contribution >= 0.6 is 0 Å². The van der Waals surface area contributed by atoms with Crippen LogP contribution in [0.1, 0.15) is 46.8 Å². The van der Waals surface area contributed by atoms with Crippen LogP contribution in [0.2, 0.25) is 0 Å². The molecule has 2 aromatic carbocycles.